The van der Waals surface area contributed by atoms with E-state index in [1.165, 1.54) is 0 Å². The molecule has 1 amide bonds. The summed E-state index contributed by atoms with van der Waals surface area (Å²) in [5.41, 5.74) is 2.36. The minimum absolute atomic E-state index is 0.0525. The van der Waals surface area contributed by atoms with Gasteiger partial charge in [0.1, 0.15) is 5.75 Å². The number of nitriles is 1. The van der Waals surface area contributed by atoms with Gasteiger partial charge in [0.15, 0.2) is 5.82 Å². The highest BCUT2D eigenvalue weighted by Gasteiger charge is 2.36. The van der Waals surface area contributed by atoms with E-state index >= 15 is 0 Å². The molecule has 146 valence electrons. The molecule has 0 saturated carbocycles. The third-order valence-electron chi connectivity index (χ3n) is 5.29. The first-order valence-corrected chi connectivity index (χ1v) is 9.36. The molecule has 7 heteroatoms. The Balaban J connectivity index is 1.49. The van der Waals surface area contributed by atoms with Gasteiger partial charge < -0.3 is 14.2 Å². The average molecular weight is 388 g/mol. The molecule has 0 spiro atoms. The normalized spacial score (nSPS) is 17.2. The lowest BCUT2D eigenvalue weighted by atomic mass is 10.1. The van der Waals surface area contributed by atoms with Gasteiger partial charge in [-0.15, -0.1) is 0 Å². The van der Waals surface area contributed by atoms with Crippen LogP contribution in [0, 0.1) is 11.3 Å². The quantitative estimate of drug-likeness (QED) is 0.662. The lowest BCUT2D eigenvalue weighted by Crippen LogP contribution is -2.28. The van der Waals surface area contributed by atoms with Crippen molar-refractivity contribution in [1.29, 1.82) is 5.26 Å². The van der Waals surface area contributed by atoms with Gasteiger partial charge in [0.2, 0.25) is 5.91 Å². The molecule has 0 aliphatic carbocycles. The van der Waals surface area contributed by atoms with Crippen LogP contribution >= 0.6 is 0 Å². The molecule has 2 unspecified atom stereocenters. The molecule has 1 fully saturated rings. The molecule has 1 aromatic heterocycles. The van der Waals surface area contributed by atoms with E-state index in [0.717, 1.165) is 16.9 Å². The third kappa shape index (κ3) is 3.69. The van der Waals surface area contributed by atoms with Crippen molar-refractivity contribution in [3.63, 3.8) is 0 Å². The van der Waals surface area contributed by atoms with Crippen LogP contribution in [0.4, 0.5) is 0 Å². The second kappa shape index (κ2) is 7.76. The fourth-order valence-corrected chi connectivity index (χ4v) is 3.55. The van der Waals surface area contributed by atoms with Crippen molar-refractivity contribution >= 4 is 5.91 Å². The van der Waals surface area contributed by atoms with Crippen molar-refractivity contribution in [3.05, 3.63) is 65.5 Å². The number of nitrogens with zero attached hydrogens (tertiary/aromatic N) is 4. The van der Waals surface area contributed by atoms with Gasteiger partial charge in [0, 0.05) is 24.4 Å². The van der Waals surface area contributed by atoms with E-state index in [4.69, 9.17) is 14.5 Å². The van der Waals surface area contributed by atoms with Gasteiger partial charge in [-0.2, -0.15) is 10.2 Å². The van der Waals surface area contributed by atoms with Crippen LogP contribution in [0.25, 0.3) is 11.5 Å². The molecule has 1 aliphatic rings. The second-order valence-electron chi connectivity index (χ2n) is 7.04. The standard InChI is InChI=1S/C22H20N4O3/c1-14(16-7-9-19(28-2)10-8-16)26-13-18(11-20(26)27)21-24-22(29-25-21)17-5-3-15(12-23)4-6-17/h3-10,14,18H,11,13H2,1-2H3. The monoisotopic (exact) mass is 388 g/mol. The molecule has 2 atom stereocenters. The Kier molecular flexibility index (Phi) is 5.00. The maximum Gasteiger partial charge on any atom is 0.257 e. The molecule has 2 aromatic carbocycles. The Labute approximate surface area is 168 Å². The van der Waals surface area contributed by atoms with E-state index in [2.05, 4.69) is 16.2 Å². The van der Waals surface area contributed by atoms with E-state index in [0.29, 0.717) is 30.2 Å². The molecule has 2 heterocycles. The van der Waals surface area contributed by atoms with Crippen molar-refractivity contribution in [1.82, 2.24) is 15.0 Å². The van der Waals surface area contributed by atoms with E-state index in [1.807, 2.05) is 36.1 Å². The SMILES string of the molecule is COc1ccc(C(C)N2CC(c3noc(-c4ccc(C#N)cc4)n3)CC2=O)cc1. The summed E-state index contributed by atoms with van der Waals surface area (Å²) in [6.45, 7) is 2.55. The van der Waals surface area contributed by atoms with Crippen LogP contribution in [0.5, 0.6) is 5.75 Å². The number of methoxy groups -OCH3 is 1. The highest BCUT2D eigenvalue weighted by atomic mass is 16.5. The summed E-state index contributed by atoms with van der Waals surface area (Å²) in [7, 11) is 1.63. The number of aromatic nitrogens is 2. The van der Waals surface area contributed by atoms with E-state index in [-0.39, 0.29) is 17.9 Å². The van der Waals surface area contributed by atoms with Crippen molar-refractivity contribution in [2.75, 3.05) is 13.7 Å². The largest absolute Gasteiger partial charge is 0.497 e. The molecule has 0 bridgehead atoms. The molecule has 1 saturated heterocycles. The highest BCUT2D eigenvalue weighted by Crippen LogP contribution is 2.34. The first kappa shape index (κ1) is 18.7. The second-order valence-corrected chi connectivity index (χ2v) is 7.04. The Morgan fingerprint density at radius 3 is 2.59 bits per heavy atom. The van der Waals surface area contributed by atoms with Crippen LogP contribution in [-0.4, -0.2) is 34.6 Å². The van der Waals surface area contributed by atoms with Crippen molar-refractivity contribution in [2.24, 2.45) is 0 Å². The Morgan fingerprint density at radius 2 is 1.93 bits per heavy atom. The van der Waals surface area contributed by atoms with Crippen LogP contribution in [0.1, 0.15) is 42.3 Å². The minimum atomic E-state index is -0.112. The van der Waals surface area contributed by atoms with E-state index in [9.17, 15) is 4.79 Å². The molecule has 7 nitrogen and oxygen atoms in total. The van der Waals surface area contributed by atoms with Gasteiger partial charge in [-0.25, -0.2) is 0 Å². The molecule has 0 radical (unpaired) electrons. The van der Waals surface area contributed by atoms with Gasteiger partial charge in [0.05, 0.1) is 24.8 Å². The van der Waals surface area contributed by atoms with E-state index < -0.39 is 0 Å². The summed E-state index contributed by atoms with van der Waals surface area (Å²) in [6.07, 6.45) is 0.354. The number of ether oxygens (including phenoxy) is 1. The van der Waals surface area contributed by atoms with Crippen molar-refractivity contribution < 1.29 is 14.1 Å². The third-order valence-corrected chi connectivity index (χ3v) is 5.29. The predicted molar refractivity (Wildman–Crippen MR) is 105 cm³/mol. The van der Waals surface area contributed by atoms with E-state index in [1.54, 1.807) is 31.4 Å². The minimum Gasteiger partial charge on any atom is -0.497 e. The molecule has 29 heavy (non-hydrogen) atoms. The molecule has 0 N–H and O–H groups in total. The number of hydrogen-bond acceptors (Lipinski definition) is 6. The van der Waals surface area contributed by atoms with Crippen LogP contribution < -0.4 is 4.74 Å². The predicted octanol–water partition coefficient (Wildman–Crippen LogP) is 3.69. The van der Waals surface area contributed by atoms with Crippen LogP contribution in [-0.2, 0) is 4.79 Å². The molecular formula is C22H20N4O3. The molecule has 3 aromatic rings. The van der Waals surface area contributed by atoms with Crippen molar-refractivity contribution in [2.45, 2.75) is 25.3 Å². The summed E-state index contributed by atoms with van der Waals surface area (Å²) in [6, 6.07) is 16.7. The summed E-state index contributed by atoms with van der Waals surface area (Å²) < 4.78 is 10.6. The first-order valence-electron chi connectivity index (χ1n) is 9.36. The number of likely N-dealkylation sites (tertiary alicyclic amines) is 1. The maximum absolute atomic E-state index is 12.6. The summed E-state index contributed by atoms with van der Waals surface area (Å²) in [5.74, 6) is 1.66. The highest BCUT2D eigenvalue weighted by molar-refractivity contribution is 5.80. The van der Waals surface area contributed by atoms with Gasteiger partial charge in [0.25, 0.3) is 5.89 Å². The molecular weight excluding hydrogens is 368 g/mol. The Bertz CT molecular complexity index is 1050. The number of carbonyl (C=O) groups is 1. The topological polar surface area (TPSA) is 92.2 Å². The lowest BCUT2D eigenvalue weighted by molar-refractivity contribution is -0.129. The summed E-state index contributed by atoms with van der Waals surface area (Å²) in [5, 5.41) is 13.0. The fourth-order valence-electron chi connectivity index (χ4n) is 3.55. The van der Waals surface area contributed by atoms with Crippen LogP contribution in [0.2, 0.25) is 0 Å². The summed E-state index contributed by atoms with van der Waals surface area (Å²) in [4.78, 5) is 19.0. The Hall–Kier alpha value is -3.66. The smallest absolute Gasteiger partial charge is 0.257 e. The maximum atomic E-state index is 12.6. The fraction of sp³-hybridized carbons (Fsp3) is 0.273. The molecule has 4 rings (SSSR count). The first-order chi connectivity index (χ1) is 14.1. The number of amides is 1. The van der Waals surface area contributed by atoms with Gasteiger partial charge in [-0.3, -0.25) is 4.79 Å². The van der Waals surface area contributed by atoms with Crippen LogP contribution in [0.3, 0.4) is 0 Å². The van der Waals surface area contributed by atoms with Gasteiger partial charge in [-0.1, -0.05) is 17.3 Å². The zero-order valence-electron chi connectivity index (χ0n) is 16.2. The number of rotatable bonds is 5. The zero-order chi connectivity index (χ0) is 20.4. The average Bonchev–Trinajstić information content (AvgIpc) is 3.40. The summed E-state index contributed by atoms with van der Waals surface area (Å²) >= 11 is 0. The number of hydrogen-bond donors (Lipinski definition) is 0. The van der Waals surface area contributed by atoms with Crippen molar-refractivity contribution in [3.8, 4) is 23.3 Å². The molecule has 1 aliphatic heterocycles. The Morgan fingerprint density at radius 1 is 1.21 bits per heavy atom. The lowest BCUT2D eigenvalue weighted by Gasteiger charge is -2.25. The van der Waals surface area contributed by atoms with Crippen LogP contribution in [0.15, 0.2) is 53.1 Å². The van der Waals surface area contributed by atoms with Gasteiger partial charge >= 0.3 is 0 Å². The number of carbonyl (C=O) groups excluding carboxylic acids is 1. The number of benzene rings is 2. The van der Waals surface area contributed by atoms with Gasteiger partial charge in [-0.05, 0) is 48.9 Å². The zero-order valence-corrected chi connectivity index (χ0v) is 16.2.